The molecule has 2 rings (SSSR count). The van der Waals surface area contributed by atoms with Gasteiger partial charge >= 0.3 is 0 Å². The monoisotopic (exact) mass is 360 g/mol. The molecular weight excluding hydrogens is 340 g/mol. The largest absolute Gasteiger partial charge is 0.373 e. The Kier molecular flexibility index (Phi) is 5.61. The summed E-state index contributed by atoms with van der Waals surface area (Å²) >= 11 is 3.53. The van der Waals surface area contributed by atoms with Gasteiger partial charge in [0, 0.05) is 23.8 Å². The molecule has 22 heavy (non-hydrogen) atoms. The van der Waals surface area contributed by atoms with Crippen LogP contribution in [-0.4, -0.2) is 23.9 Å². The number of aryl methyl sites for hydroxylation is 1. The minimum Gasteiger partial charge on any atom is -0.373 e. The van der Waals surface area contributed by atoms with E-state index in [0.29, 0.717) is 6.54 Å². The van der Waals surface area contributed by atoms with Gasteiger partial charge in [-0.3, -0.25) is 4.79 Å². The minimum atomic E-state index is -0.285. The number of nitrogens with zero attached hydrogens (tertiary/aromatic N) is 1. The molecule has 0 bridgehead atoms. The number of hydrogen-bond donors (Lipinski definition) is 1. The van der Waals surface area contributed by atoms with Gasteiger partial charge in [-0.25, -0.2) is 0 Å². The Morgan fingerprint density at radius 1 is 1.23 bits per heavy atom. The predicted octanol–water partition coefficient (Wildman–Crippen LogP) is 4.22. The summed E-state index contributed by atoms with van der Waals surface area (Å²) in [7, 11) is 1.83. The van der Waals surface area contributed by atoms with Crippen LogP contribution in [0.25, 0.3) is 0 Å². The van der Waals surface area contributed by atoms with Crippen molar-refractivity contribution in [2.24, 2.45) is 0 Å². The zero-order chi connectivity index (χ0) is 16.1. The van der Waals surface area contributed by atoms with Crippen molar-refractivity contribution in [3.63, 3.8) is 0 Å². The molecule has 0 saturated heterocycles. The number of rotatable bonds is 5. The molecule has 0 heterocycles. The van der Waals surface area contributed by atoms with E-state index in [1.54, 1.807) is 4.90 Å². The third-order valence-electron chi connectivity index (χ3n) is 3.51. The van der Waals surface area contributed by atoms with Crippen molar-refractivity contribution in [2.75, 3.05) is 12.4 Å². The lowest BCUT2D eigenvalue weighted by Crippen LogP contribution is -2.38. The van der Waals surface area contributed by atoms with Crippen molar-refractivity contribution in [2.45, 2.75) is 26.4 Å². The first kappa shape index (κ1) is 16.6. The quantitative estimate of drug-likeness (QED) is 0.865. The standard InChI is InChI=1S/C18H21BrN2O/c1-13-9-10-17(16(19)11-13)20-14(2)18(22)21(3)12-15-7-5-4-6-8-15/h4-11,14,20H,12H2,1-3H3/t14-/m1/s1. The molecule has 1 amide bonds. The van der Waals surface area contributed by atoms with Crippen LogP contribution in [0.2, 0.25) is 0 Å². The summed E-state index contributed by atoms with van der Waals surface area (Å²) < 4.78 is 0.970. The van der Waals surface area contributed by atoms with E-state index in [4.69, 9.17) is 0 Å². The lowest BCUT2D eigenvalue weighted by atomic mass is 10.2. The number of anilines is 1. The molecule has 0 saturated carbocycles. The summed E-state index contributed by atoms with van der Waals surface area (Å²) in [6, 6.07) is 15.8. The number of likely N-dealkylation sites (N-methyl/N-ethyl adjacent to an activating group) is 1. The Morgan fingerprint density at radius 3 is 2.55 bits per heavy atom. The van der Waals surface area contributed by atoms with E-state index in [1.165, 1.54) is 5.56 Å². The Labute approximate surface area is 140 Å². The smallest absolute Gasteiger partial charge is 0.244 e. The van der Waals surface area contributed by atoms with Crippen LogP contribution >= 0.6 is 15.9 Å². The molecule has 0 fully saturated rings. The predicted molar refractivity (Wildman–Crippen MR) is 94.9 cm³/mol. The minimum absolute atomic E-state index is 0.0660. The summed E-state index contributed by atoms with van der Waals surface area (Å²) in [6.07, 6.45) is 0. The van der Waals surface area contributed by atoms with E-state index in [1.807, 2.05) is 69.4 Å². The summed E-state index contributed by atoms with van der Waals surface area (Å²) in [4.78, 5) is 14.2. The zero-order valence-corrected chi connectivity index (χ0v) is 14.7. The second-order valence-corrected chi connectivity index (χ2v) is 6.38. The van der Waals surface area contributed by atoms with Gasteiger partial charge in [0.05, 0.1) is 0 Å². The van der Waals surface area contributed by atoms with Crippen molar-refractivity contribution in [3.05, 3.63) is 64.1 Å². The molecule has 1 atom stereocenters. The topological polar surface area (TPSA) is 32.3 Å². The van der Waals surface area contributed by atoms with Crippen LogP contribution in [0.1, 0.15) is 18.1 Å². The zero-order valence-electron chi connectivity index (χ0n) is 13.1. The van der Waals surface area contributed by atoms with Gasteiger partial charge < -0.3 is 10.2 Å². The molecule has 0 aliphatic heterocycles. The Hall–Kier alpha value is -1.81. The first-order chi connectivity index (χ1) is 10.5. The molecule has 4 heteroatoms. The van der Waals surface area contributed by atoms with E-state index in [2.05, 4.69) is 21.2 Å². The first-order valence-corrected chi connectivity index (χ1v) is 8.08. The van der Waals surface area contributed by atoms with Gasteiger partial charge in [0.1, 0.15) is 6.04 Å². The third kappa shape index (κ3) is 4.34. The first-order valence-electron chi connectivity index (χ1n) is 7.29. The summed E-state index contributed by atoms with van der Waals surface area (Å²) in [5.41, 5.74) is 3.24. The van der Waals surface area contributed by atoms with Gasteiger partial charge in [-0.15, -0.1) is 0 Å². The molecule has 2 aromatic rings. The van der Waals surface area contributed by atoms with Crippen molar-refractivity contribution < 1.29 is 4.79 Å². The number of nitrogens with one attached hydrogen (secondary N) is 1. The Balaban J connectivity index is 1.99. The molecule has 0 spiro atoms. The Morgan fingerprint density at radius 2 is 1.91 bits per heavy atom. The number of halogens is 1. The molecule has 0 aliphatic rings. The SMILES string of the molecule is Cc1ccc(N[C@H](C)C(=O)N(C)Cc2ccccc2)c(Br)c1. The van der Waals surface area contributed by atoms with Crippen LogP contribution in [0.3, 0.4) is 0 Å². The highest BCUT2D eigenvalue weighted by molar-refractivity contribution is 9.10. The van der Waals surface area contributed by atoms with Gasteiger partial charge in [-0.2, -0.15) is 0 Å². The summed E-state index contributed by atoms with van der Waals surface area (Å²) in [5, 5.41) is 3.27. The summed E-state index contributed by atoms with van der Waals surface area (Å²) in [6.45, 7) is 4.54. The van der Waals surface area contributed by atoms with E-state index >= 15 is 0 Å². The lowest BCUT2D eigenvalue weighted by molar-refractivity contribution is -0.130. The van der Waals surface area contributed by atoms with Crippen molar-refractivity contribution in [3.8, 4) is 0 Å². The maximum atomic E-state index is 12.5. The van der Waals surface area contributed by atoms with Crippen LogP contribution in [0.4, 0.5) is 5.69 Å². The van der Waals surface area contributed by atoms with Crippen LogP contribution in [0.15, 0.2) is 53.0 Å². The van der Waals surface area contributed by atoms with E-state index < -0.39 is 0 Å². The van der Waals surface area contributed by atoms with Crippen molar-refractivity contribution in [1.82, 2.24) is 4.90 Å². The number of benzene rings is 2. The van der Waals surface area contributed by atoms with E-state index in [0.717, 1.165) is 15.7 Å². The molecule has 116 valence electrons. The third-order valence-corrected chi connectivity index (χ3v) is 4.16. The van der Waals surface area contributed by atoms with Gasteiger partial charge in [-0.1, -0.05) is 36.4 Å². The van der Waals surface area contributed by atoms with E-state index in [-0.39, 0.29) is 11.9 Å². The van der Waals surface area contributed by atoms with Crippen LogP contribution in [0.5, 0.6) is 0 Å². The second kappa shape index (κ2) is 7.45. The fourth-order valence-corrected chi connectivity index (χ4v) is 2.91. The second-order valence-electron chi connectivity index (χ2n) is 5.53. The number of carbonyl (C=O) groups is 1. The van der Waals surface area contributed by atoms with Crippen LogP contribution in [-0.2, 0) is 11.3 Å². The molecule has 0 unspecified atom stereocenters. The highest BCUT2D eigenvalue weighted by atomic mass is 79.9. The molecule has 0 aromatic heterocycles. The van der Waals surface area contributed by atoms with Gasteiger partial charge in [0.25, 0.3) is 0 Å². The normalized spacial score (nSPS) is 11.8. The van der Waals surface area contributed by atoms with Gasteiger partial charge in [0.15, 0.2) is 0 Å². The lowest BCUT2D eigenvalue weighted by Gasteiger charge is -2.23. The maximum absolute atomic E-state index is 12.5. The van der Waals surface area contributed by atoms with Crippen LogP contribution < -0.4 is 5.32 Å². The highest BCUT2D eigenvalue weighted by Crippen LogP contribution is 2.24. The van der Waals surface area contributed by atoms with Crippen molar-refractivity contribution >= 4 is 27.5 Å². The molecule has 3 nitrogen and oxygen atoms in total. The van der Waals surface area contributed by atoms with Gasteiger partial charge in [-0.05, 0) is 53.0 Å². The molecule has 0 radical (unpaired) electrons. The average Bonchev–Trinajstić information content (AvgIpc) is 2.50. The fourth-order valence-electron chi connectivity index (χ4n) is 2.30. The Bertz CT molecular complexity index is 643. The number of carbonyl (C=O) groups excluding carboxylic acids is 1. The van der Waals surface area contributed by atoms with Crippen molar-refractivity contribution in [1.29, 1.82) is 0 Å². The van der Waals surface area contributed by atoms with Gasteiger partial charge in [0.2, 0.25) is 5.91 Å². The molecule has 0 aliphatic carbocycles. The molecular formula is C18H21BrN2O. The molecule has 2 aromatic carbocycles. The fraction of sp³-hybridized carbons (Fsp3) is 0.278. The van der Waals surface area contributed by atoms with Crippen LogP contribution in [0, 0.1) is 6.92 Å². The summed E-state index contributed by atoms with van der Waals surface area (Å²) in [5.74, 6) is 0.0660. The average molecular weight is 361 g/mol. The number of amides is 1. The molecule has 1 N–H and O–H groups in total. The maximum Gasteiger partial charge on any atom is 0.244 e. The van der Waals surface area contributed by atoms with E-state index in [9.17, 15) is 4.79 Å². The highest BCUT2D eigenvalue weighted by Gasteiger charge is 2.18. The number of hydrogen-bond acceptors (Lipinski definition) is 2.